The van der Waals surface area contributed by atoms with Crippen LogP contribution in [0.25, 0.3) is 0 Å². The van der Waals surface area contributed by atoms with Gasteiger partial charge in [0.2, 0.25) is 0 Å². The van der Waals surface area contributed by atoms with Crippen molar-refractivity contribution >= 4 is 17.2 Å². The zero-order valence-electron chi connectivity index (χ0n) is 11.6. The number of rotatable bonds is 6. The van der Waals surface area contributed by atoms with Crippen LogP contribution in [0.5, 0.6) is 5.75 Å². The van der Waals surface area contributed by atoms with Crippen LogP contribution in [-0.2, 0) is 13.1 Å². The fraction of sp³-hybridized carbons (Fsp3) is 0.267. The molecule has 2 N–H and O–H groups in total. The number of nitrogens with zero attached hydrogens (tertiary/aromatic N) is 1. The van der Waals surface area contributed by atoms with Gasteiger partial charge in [0.25, 0.3) is 0 Å². The van der Waals surface area contributed by atoms with E-state index < -0.39 is 0 Å². The Morgan fingerprint density at radius 2 is 2.15 bits per heavy atom. The van der Waals surface area contributed by atoms with Crippen molar-refractivity contribution in [2.24, 2.45) is 5.73 Å². The van der Waals surface area contributed by atoms with Crippen molar-refractivity contribution in [2.45, 2.75) is 13.1 Å². The first-order chi connectivity index (χ1) is 9.60. The van der Waals surface area contributed by atoms with Crippen molar-refractivity contribution in [3.63, 3.8) is 0 Å². The topological polar surface area (TPSA) is 51.6 Å². The lowest BCUT2D eigenvalue weighted by atomic mass is 10.1. The van der Waals surface area contributed by atoms with Gasteiger partial charge in [0.15, 0.2) is 0 Å². The van der Waals surface area contributed by atoms with Gasteiger partial charge < -0.3 is 14.9 Å². The summed E-state index contributed by atoms with van der Waals surface area (Å²) in [6, 6.07) is 9.58. The van der Waals surface area contributed by atoms with E-state index in [4.69, 9.17) is 27.1 Å². The summed E-state index contributed by atoms with van der Waals surface area (Å²) >= 11 is 5.02. The van der Waals surface area contributed by atoms with Crippen molar-refractivity contribution < 1.29 is 9.15 Å². The van der Waals surface area contributed by atoms with E-state index in [1.54, 1.807) is 13.4 Å². The Kier molecular flexibility index (Phi) is 4.76. The SMILES string of the molecule is COc1ccc(C(N)=S)cc1CN(C)Cc1ccco1. The first-order valence-corrected chi connectivity index (χ1v) is 6.68. The first-order valence-electron chi connectivity index (χ1n) is 6.28. The van der Waals surface area contributed by atoms with E-state index in [1.807, 2.05) is 37.4 Å². The van der Waals surface area contributed by atoms with Gasteiger partial charge in [-0.1, -0.05) is 12.2 Å². The Morgan fingerprint density at radius 3 is 2.75 bits per heavy atom. The van der Waals surface area contributed by atoms with Crippen molar-refractivity contribution in [3.05, 3.63) is 53.5 Å². The molecule has 1 aromatic heterocycles. The molecule has 1 aromatic carbocycles. The highest BCUT2D eigenvalue weighted by atomic mass is 32.1. The molecule has 0 fully saturated rings. The Labute approximate surface area is 124 Å². The van der Waals surface area contributed by atoms with E-state index in [2.05, 4.69) is 4.90 Å². The fourth-order valence-electron chi connectivity index (χ4n) is 2.07. The second-order valence-electron chi connectivity index (χ2n) is 4.64. The third-order valence-corrected chi connectivity index (χ3v) is 3.25. The first kappa shape index (κ1) is 14.6. The second kappa shape index (κ2) is 6.54. The molecule has 0 atom stereocenters. The minimum absolute atomic E-state index is 0.391. The number of methoxy groups -OCH3 is 1. The molecule has 2 rings (SSSR count). The highest BCUT2D eigenvalue weighted by Crippen LogP contribution is 2.22. The molecule has 0 radical (unpaired) electrons. The zero-order chi connectivity index (χ0) is 14.5. The largest absolute Gasteiger partial charge is 0.496 e. The maximum absolute atomic E-state index is 5.68. The van der Waals surface area contributed by atoms with Crippen LogP contribution >= 0.6 is 12.2 Å². The molecule has 2 aromatic rings. The predicted molar refractivity (Wildman–Crippen MR) is 82.8 cm³/mol. The minimum atomic E-state index is 0.391. The quantitative estimate of drug-likeness (QED) is 0.829. The van der Waals surface area contributed by atoms with Gasteiger partial charge in [-0.15, -0.1) is 0 Å². The van der Waals surface area contributed by atoms with Crippen molar-refractivity contribution in [1.29, 1.82) is 0 Å². The molecule has 0 spiro atoms. The molecule has 0 amide bonds. The van der Waals surface area contributed by atoms with E-state index >= 15 is 0 Å². The lowest BCUT2D eigenvalue weighted by molar-refractivity contribution is 0.282. The maximum atomic E-state index is 5.68. The highest BCUT2D eigenvalue weighted by molar-refractivity contribution is 7.80. The van der Waals surface area contributed by atoms with Crippen LogP contribution in [0.2, 0.25) is 0 Å². The molecule has 0 unspecified atom stereocenters. The van der Waals surface area contributed by atoms with Crippen molar-refractivity contribution in [3.8, 4) is 5.75 Å². The van der Waals surface area contributed by atoms with Gasteiger partial charge >= 0.3 is 0 Å². The van der Waals surface area contributed by atoms with Crippen LogP contribution in [0.4, 0.5) is 0 Å². The summed E-state index contributed by atoms with van der Waals surface area (Å²) in [6.45, 7) is 1.45. The van der Waals surface area contributed by atoms with Crippen LogP contribution in [-0.4, -0.2) is 24.0 Å². The maximum Gasteiger partial charge on any atom is 0.123 e. The van der Waals surface area contributed by atoms with Crippen LogP contribution in [0, 0.1) is 0 Å². The molecular formula is C15H18N2O2S. The molecule has 0 aliphatic rings. The summed E-state index contributed by atoms with van der Waals surface area (Å²) in [6.07, 6.45) is 1.68. The zero-order valence-corrected chi connectivity index (χ0v) is 12.4. The number of ether oxygens (including phenoxy) is 1. The molecule has 0 bridgehead atoms. The van der Waals surface area contributed by atoms with Crippen molar-refractivity contribution in [2.75, 3.05) is 14.2 Å². The third-order valence-electron chi connectivity index (χ3n) is 3.01. The van der Waals surface area contributed by atoms with Crippen molar-refractivity contribution in [1.82, 2.24) is 4.90 Å². The lowest BCUT2D eigenvalue weighted by Gasteiger charge is -2.18. The van der Waals surface area contributed by atoms with Gasteiger partial charge in [-0.05, 0) is 37.4 Å². The van der Waals surface area contributed by atoms with Gasteiger partial charge in [0, 0.05) is 17.7 Å². The van der Waals surface area contributed by atoms with Crippen LogP contribution < -0.4 is 10.5 Å². The number of hydrogen-bond acceptors (Lipinski definition) is 4. The molecule has 0 saturated heterocycles. The number of benzene rings is 1. The number of hydrogen-bond donors (Lipinski definition) is 1. The van der Waals surface area contributed by atoms with Crippen LogP contribution in [0.3, 0.4) is 0 Å². The summed E-state index contributed by atoms with van der Waals surface area (Å²) in [5, 5.41) is 0. The van der Waals surface area contributed by atoms with E-state index in [1.165, 1.54) is 0 Å². The van der Waals surface area contributed by atoms with Gasteiger partial charge in [0.1, 0.15) is 16.5 Å². The highest BCUT2D eigenvalue weighted by Gasteiger charge is 2.10. The molecule has 0 aliphatic heterocycles. The Hall–Kier alpha value is -1.85. The summed E-state index contributed by atoms with van der Waals surface area (Å²) in [4.78, 5) is 2.53. The lowest BCUT2D eigenvalue weighted by Crippen LogP contribution is -2.18. The van der Waals surface area contributed by atoms with E-state index in [9.17, 15) is 0 Å². The normalized spacial score (nSPS) is 10.8. The van der Waals surface area contributed by atoms with E-state index in [0.29, 0.717) is 4.99 Å². The molecule has 0 aliphatic carbocycles. The monoisotopic (exact) mass is 290 g/mol. The van der Waals surface area contributed by atoms with E-state index in [0.717, 1.165) is 35.7 Å². The Bertz CT molecular complexity index is 582. The molecule has 106 valence electrons. The second-order valence-corrected chi connectivity index (χ2v) is 5.08. The molecule has 1 heterocycles. The summed E-state index contributed by atoms with van der Waals surface area (Å²) < 4.78 is 10.7. The molecule has 0 saturated carbocycles. The molecule has 20 heavy (non-hydrogen) atoms. The standard InChI is InChI=1S/C15H18N2O2S/c1-17(10-13-4-3-7-19-13)9-12-8-11(15(16)20)5-6-14(12)18-2/h3-8H,9-10H2,1-2H3,(H2,16,20). The molecule has 4 nitrogen and oxygen atoms in total. The smallest absolute Gasteiger partial charge is 0.123 e. The average molecular weight is 290 g/mol. The Balaban J connectivity index is 2.14. The van der Waals surface area contributed by atoms with Gasteiger partial charge in [-0.25, -0.2) is 0 Å². The summed E-state index contributed by atoms with van der Waals surface area (Å²) in [5.74, 6) is 1.76. The third kappa shape index (κ3) is 3.59. The minimum Gasteiger partial charge on any atom is -0.496 e. The predicted octanol–water partition coefficient (Wildman–Crippen LogP) is 2.55. The van der Waals surface area contributed by atoms with Crippen LogP contribution in [0.15, 0.2) is 41.0 Å². The molecule has 5 heteroatoms. The fourth-order valence-corrected chi connectivity index (χ4v) is 2.20. The summed E-state index contributed by atoms with van der Waals surface area (Å²) in [7, 11) is 3.68. The van der Waals surface area contributed by atoms with Gasteiger partial charge in [0.05, 0.1) is 19.9 Å². The van der Waals surface area contributed by atoms with E-state index in [-0.39, 0.29) is 0 Å². The van der Waals surface area contributed by atoms with Gasteiger partial charge in [-0.2, -0.15) is 0 Å². The van der Waals surface area contributed by atoms with Crippen LogP contribution in [0.1, 0.15) is 16.9 Å². The number of furan rings is 1. The number of thiocarbonyl (C=S) groups is 1. The number of nitrogens with two attached hydrogens (primary N) is 1. The molecular weight excluding hydrogens is 272 g/mol. The average Bonchev–Trinajstić information content (AvgIpc) is 2.91. The van der Waals surface area contributed by atoms with Gasteiger partial charge in [-0.3, -0.25) is 4.90 Å². The Morgan fingerprint density at radius 1 is 1.35 bits per heavy atom. The summed E-state index contributed by atoms with van der Waals surface area (Å²) in [5.41, 5.74) is 7.57.